The number of ether oxygens (including phenoxy) is 1. The van der Waals surface area contributed by atoms with Crippen LogP contribution < -0.4 is 4.74 Å². The first-order valence-corrected chi connectivity index (χ1v) is 10.5. The maximum absolute atomic E-state index is 8.81. The van der Waals surface area contributed by atoms with Gasteiger partial charge < -0.3 is 9.84 Å². The molecule has 0 fully saturated rings. The summed E-state index contributed by atoms with van der Waals surface area (Å²) in [6.45, 7) is 4.73. The van der Waals surface area contributed by atoms with Crippen LogP contribution in [0.4, 0.5) is 0 Å². The number of rotatable bonds is 4. The second-order valence-corrected chi connectivity index (χ2v) is 6.95. The fourth-order valence-corrected chi connectivity index (χ4v) is 1.65. The topological polar surface area (TPSA) is 29.5 Å². The molecule has 0 aliphatic rings. The van der Waals surface area contributed by atoms with E-state index in [-0.39, 0.29) is 0 Å². The third-order valence-electron chi connectivity index (χ3n) is 2.41. The van der Waals surface area contributed by atoms with E-state index in [2.05, 4.69) is 60.8 Å². The molecule has 0 spiro atoms. The Morgan fingerprint density at radius 1 is 0.826 bits per heavy atom. The van der Waals surface area contributed by atoms with Crippen molar-refractivity contribution in [3.05, 3.63) is 59.7 Å². The maximum atomic E-state index is 8.81. The summed E-state index contributed by atoms with van der Waals surface area (Å²) in [6.07, 6.45) is 0. The molecule has 0 atom stereocenters. The van der Waals surface area contributed by atoms with Crippen LogP contribution in [0.3, 0.4) is 0 Å². The number of benzene rings is 2. The number of hydrogen-bond donors (Lipinski definition) is 1. The van der Waals surface area contributed by atoms with Gasteiger partial charge in [0.2, 0.25) is 0 Å². The first kappa shape index (κ1) is 22.5. The highest BCUT2D eigenvalue weighted by Gasteiger charge is 1.91. The number of hydrogen-bond acceptors (Lipinski definition) is 2. The smallest absolute Gasteiger partial charge is 0.119 e. The van der Waals surface area contributed by atoms with Gasteiger partial charge in [0.05, 0.1) is 6.61 Å². The van der Waals surface area contributed by atoms with Crippen molar-refractivity contribution in [2.45, 2.75) is 13.8 Å². The quantitative estimate of drug-likeness (QED) is 0.493. The Kier molecular flexibility index (Phi) is 14.7. The lowest BCUT2D eigenvalue weighted by Crippen LogP contribution is -1.97. The van der Waals surface area contributed by atoms with Crippen molar-refractivity contribution in [3.63, 3.8) is 0 Å². The molecule has 0 radical (unpaired) electrons. The molecule has 5 heteroatoms. The highest BCUT2D eigenvalue weighted by Crippen LogP contribution is 2.12. The third-order valence-corrected chi connectivity index (χ3v) is 4.59. The molecule has 1 N–H and O–H groups in total. The van der Waals surface area contributed by atoms with Crippen LogP contribution >= 0.6 is 47.8 Å². The first-order chi connectivity index (χ1) is 11.0. The molecule has 2 aromatic rings. The van der Waals surface area contributed by atoms with Gasteiger partial charge in [-0.25, -0.2) is 0 Å². The predicted molar refractivity (Wildman–Crippen MR) is 111 cm³/mol. The number of alkyl halides is 3. The van der Waals surface area contributed by atoms with Gasteiger partial charge in [0.25, 0.3) is 0 Å². The largest absolute Gasteiger partial charge is 0.508 e. The van der Waals surface area contributed by atoms with Gasteiger partial charge in [0, 0.05) is 16.0 Å². The Morgan fingerprint density at radius 3 is 1.78 bits per heavy atom. The van der Waals surface area contributed by atoms with Crippen molar-refractivity contribution in [1.82, 2.24) is 0 Å². The zero-order valence-corrected chi connectivity index (χ0v) is 18.2. The minimum atomic E-state index is 0.338. The molecule has 0 amide bonds. The Labute approximate surface area is 164 Å². The Hall–Kier alpha value is -0.520. The van der Waals surface area contributed by atoms with Gasteiger partial charge in [-0.15, -0.1) is 0 Å². The molecule has 0 saturated heterocycles. The zero-order chi connectivity index (χ0) is 17.5. The van der Waals surface area contributed by atoms with Crippen LogP contribution in [0.15, 0.2) is 48.5 Å². The molecular formula is C18H23Br3O2. The average molecular weight is 511 g/mol. The van der Waals surface area contributed by atoms with Crippen molar-refractivity contribution < 1.29 is 9.84 Å². The molecule has 23 heavy (non-hydrogen) atoms. The number of phenols is 1. The van der Waals surface area contributed by atoms with Gasteiger partial charge in [0.15, 0.2) is 0 Å². The van der Waals surface area contributed by atoms with Crippen molar-refractivity contribution in [1.29, 1.82) is 0 Å². The summed E-state index contributed by atoms with van der Waals surface area (Å²) in [7, 11) is 0. The average Bonchev–Trinajstić information content (AvgIpc) is 2.53. The molecule has 0 bridgehead atoms. The van der Waals surface area contributed by atoms with Crippen LogP contribution in [0.2, 0.25) is 0 Å². The Bertz CT molecular complexity index is 514. The van der Waals surface area contributed by atoms with Crippen LogP contribution in [0.5, 0.6) is 11.5 Å². The molecule has 0 unspecified atom stereocenters. The van der Waals surface area contributed by atoms with Crippen molar-refractivity contribution in [2.75, 3.05) is 22.6 Å². The van der Waals surface area contributed by atoms with Gasteiger partial charge in [-0.05, 0) is 49.2 Å². The van der Waals surface area contributed by atoms with Gasteiger partial charge in [-0.1, -0.05) is 72.1 Å². The van der Waals surface area contributed by atoms with Crippen LogP contribution in [-0.2, 0) is 0 Å². The molecule has 0 aliphatic carbocycles. The summed E-state index contributed by atoms with van der Waals surface area (Å²) in [4.78, 5) is 0. The van der Waals surface area contributed by atoms with Crippen molar-refractivity contribution >= 4 is 47.8 Å². The molecule has 0 heterocycles. The summed E-state index contributed by atoms with van der Waals surface area (Å²) < 4.78 is 5.39. The van der Waals surface area contributed by atoms with Crippen molar-refractivity contribution in [3.8, 4) is 11.5 Å². The molecule has 2 aromatic carbocycles. The summed E-state index contributed by atoms with van der Waals surface area (Å²) in [5.74, 6) is 1.29. The zero-order valence-electron chi connectivity index (χ0n) is 13.4. The van der Waals surface area contributed by atoms with E-state index in [4.69, 9.17) is 9.84 Å². The van der Waals surface area contributed by atoms with Crippen LogP contribution in [0.25, 0.3) is 0 Å². The summed E-state index contributed by atoms with van der Waals surface area (Å²) in [5.41, 5.74) is 2.32. The molecule has 0 saturated carbocycles. The van der Waals surface area contributed by atoms with E-state index in [1.807, 2.05) is 37.3 Å². The normalized spacial score (nSPS) is 9.09. The van der Waals surface area contributed by atoms with Gasteiger partial charge in [0.1, 0.15) is 11.5 Å². The summed E-state index contributed by atoms with van der Waals surface area (Å²) in [6, 6.07) is 15.2. The lowest BCUT2D eigenvalue weighted by Gasteiger charge is -2.03. The van der Waals surface area contributed by atoms with E-state index >= 15 is 0 Å². The standard InChI is InChI=1S/C9H11BrO.C7H8O.C2H4Br2/c1-8-3-2-4-9(7-8)11-6-5-10;1-6-3-2-4-7(8)5-6;3-1-2-4/h2-4,7H,5-6H2,1H3;2-5,8H,1H3;1-2H2. The van der Waals surface area contributed by atoms with Crippen molar-refractivity contribution in [2.24, 2.45) is 0 Å². The van der Waals surface area contributed by atoms with Crippen LogP contribution in [-0.4, -0.2) is 27.7 Å². The number of phenolic OH excluding ortho intramolecular Hbond substituents is 1. The van der Waals surface area contributed by atoms with E-state index in [1.54, 1.807) is 12.1 Å². The molecule has 128 valence electrons. The molecular weight excluding hydrogens is 488 g/mol. The van der Waals surface area contributed by atoms with E-state index in [0.29, 0.717) is 5.75 Å². The van der Waals surface area contributed by atoms with E-state index in [1.165, 1.54) is 5.56 Å². The molecule has 0 aliphatic heterocycles. The van der Waals surface area contributed by atoms with E-state index < -0.39 is 0 Å². The summed E-state index contributed by atoms with van der Waals surface area (Å²) >= 11 is 9.70. The fourth-order valence-electron chi connectivity index (χ4n) is 1.49. The third kappa shape index (κ3) is 13.6. The lowest BCUT2D eigenvalue weighted by atomic mass is 10.2. The second-order valence-electron chi connectivity index (χ2n) is 4.57. The number of aryl methyl sites for hydroxylation is 2. The summed E-state index contributed by atoms with van der Waals surface area (Å²) in [5, 5.41) is 11.8. The van der Waals surface area contributed by atoms with Gasteiger partial charge in [-0.2, -0.15) is 0 Å². The number of aromatic hydroxyl groups is 1. The van der Waals surface area contributed by atoms with Crippen LogP contribution in [0.1, 0.15) is 11.1 Å². The highest BCUT2D eigenvalue weighted by atomic mass is 79.9. The first-order valence-electron chi connectivity index (χ1n) is 7.16. The fraction of sp³-hybridized carbons (Fsp3) is 0.333. The Morgan fingerprint density at radius 2 is 1.39 bits per heavy atom. The Balaban J connectivity index is 0.000000354. The van der Waals surface area contributed by atoms with Gasteiger partial charge in [-0.3, -0.25) is 0 Å². The maximum Gasteiger partial charge on any atom is 0.119 e. The minimum Gasteiger partial charge on any atom is -0.508 e. The molecule has 0 aromatic heterocycles. The van der Waals surface area contributed by atoms with Crippen LogP contribution in [0, 0.1) is 13.8 Å². The molecule has 2 rings (SSSR count). The minimum absolute atomic E-state index is 0.338. The number of halogens is 3. The monoisotopic (exact) mass is 508 g/mol. The SMILES string of the molecule is BrCCBr.Cc1cccc(O)c1.Cc1cccc(OCCBr)c1. The lowest BCUT2D eigenvalue weighted by molar-refractivity contribution is 0.345. The van der Waals surface area contributed by atoms with E-state index in [9.17, 15) is 0 Å². The van der Waals surface area contributed by atoms with Gasteiger partial charge >= 0.3 is 0 Å². The highest BCUT2D eigenvalue weighted by molar-refractivity contribution is 9.12. The second kappa shape index (κ2) is 15.0. The van der Waals surface area contributed by atoms with E-state index in [0.717, 1.165) is 33.9 Å². The predicted octanol–water partition coefficient (Wildman–Crippen LogP) is 6.25. The molecule has 2 nitrogen and oxygen atoms in total.